The van der Waals surface area contributed by atoms with Crippen molar-refractivity contribution < 1.29 is 13.2 Å². The van der Waals surface area contributed by atoms with Gasteiger partial charge < -0.3 is 4.57 Å². The Morgan fingerprint density at radius 3 is 2.26 bits per heavy atom. The van der Waals surface area contributed by atoms with E-state index in [0.717, 1.165) is 26.9 Å². The molecule has 11 heteroatoms. The Morgan fingerprint density at radius 1 is 0.947 bits per heavy atom. The van der Waals surface area contributed by atoms with Crippen LogP contribution in [0.15, 0.2) is 88.9 Å². The van der Waals surface area contributed by atoms with Crippen molar-refractivity contribution in [1.29, 1.82) is 0 Å². The standard InChI is InChI=1S/C27H23Cl3N4O3S/c1-18-14-20(19(2)34(18)23-11-8-21(28)9-12-23)16-31-32-27(35)17-33(26-13-10-22(29)15-25(26)30)38(36,37)24-6-4-3-5-7-24/h3-16H,17H2,1-2H3,(H,32,35)/b31-16-. The first kappa shape index (κ1) is 27.7. The van der Waals surface area contributed by atoms with Crippen molar-refractivity contribution >= 4 is 62.6 Å². The molecule has 0 aliphatic heterocycles. The minimum Gasteiger partial charge on any atom is -0.318 e. The maximum atomic E-state index is 13.4. The number of carbonyl (C=O) groups excluding carboxylic acids is 1. The van der Waals surface area contributed by atoms with Gasteiger partial charge >= 0.3 is 0 Å². The van der Waals surface area contributed by atoms with Gasteiger partial charge in [-0.2, -0.15) is 5.10 Å². The zero-order valence-electron chi connectivity index (χ0n) is 20.4. The molecule has 4 aromatic rings. The lowest BCUT2D eigenvalue weighted by molar-refractivity contribution is -0.119. The van der Waals surface area contributed by atoms with E-state index in [0.29, 0.717) is 10.0 Å². The molecular formula is C27H23Cl3N4O3S. The summed E-state index contributed by atoms with van der Waals surface area (Å²) in [4.78, 5) is 12.9. The summed E-state index contributed by atoms with van der Waals surface area (Å²) in [6, 6.07) is 21.5. The molecule has 4 rings (SSSR count). The van der Waals surface area contributed by atoms with E-state index in [1.165, 1.54) is 36.5 Å². The smallest absolute Gasteiger partial charge is 0.264 e. The lowest BCUT2D eigenvalue weighted by atomic mass is 10.2. The molecule has 0 bridgehead atoms. The summed E-state index contributed by atoms with van der Waals surface area (Å²) in [6.45, 7) is 3.33. The number of hydrogen-bond donors (Lipinski definition) is 1. The number of hydrogen-bond acceptors (Lipinski definition) is 4. The van der Waals surface area contributed by atoms with Crippen LogP contribution in [0.25, 0.3) is 5.69 Å². The summed E-state index contributed by atoms with van der Waals surface area (Å²) in [6.07, 6.45) is 1.51. The first-order valence-corrected chi connectivity index (χ1v) is 13.9. The number of nitrogens with one attached hydrogen (secondary N) is 1. The van der Waals surface area contributed by atoms with E-state index in [1.807, 2.05) is 48.7 Å². The number of carbonyl (C=O) groups is 1. The van der Waals surface area contributed by atoms with Crippen LogP contribution < -0.4 is 9.73 Å². The predicted molar refractivity (Wildman–Crippen MR) is 153 cm³/mol. The summed E-state index contributed by atoms with van der Waals surface area (Å²) in [7, 11) is -4.12. The second-order valence-electron chi connectivity index (χ2n) is 8.35. The summed E-state index contributed by atoms with van der Waals surface area (Å²) < 4.78 is 29.9. The molecule has 0 saturated carbocycles. The lowest BCUT2D eigenvalue weighted by Crippen LogP contribution is -2.39. The Morgan fingerprint density at radius 2 is 1.61 bits per heavy atom. The number of rotatable bonds is 8. The molecule has 0 radical (unpaired) electrons. The highest BCUT2D eigenvalue weighted by molar-refractivity contribution is 7.92. The Labute approximate surface area is 236 Å². The molecule has 1 heterocycles. The SMILES string of the molecule is Cc1cc(/C=N\NC(=O)CN(c2ccc(Cl)cc2Cl)S(=O)(=O)c2ccccc2)c(C)n1-c1ccc(Cl)cc1. The Bertz CT molecular complexity index is 1600. The molecule has 0 spiro atoms. The number of anilines is 1. The zero-order chi connectivity index (χ0) is 27.4. The normalized spacial score (nSPS) is 11.6. The second-order valence-corrected chi connectivity index (χ2v) is 11.5. The maximum absolute atomic E-state index is 13.4. The van der Waals surface area contributed by atoms with Gasteiger partial charge in [0.15, 0.2) is 0 Å². The lowest BCUT2D eigenvalue weighted by Gasteiger charge is -2.24. The van der Waals surface area contributed by atoms with Gasteiger partial charge in [0.05, 0.1) is 21.8 Å². The quantitative estimate of drug-likeness (QED) is 0.191. The highest BCUT2D eigenvalue weighted by Gasteiger charge is 2.28. The highest BCUT2D eigenvalue weighted by Crippen LogP contribution is 2.32. The number of benzene rings is 3. The third-order valence-corrected chi connectivity index (χ3v) is 8.31. The van der Waals surface area contributed by atoms with Gasteiger partial charge in [0.2, 0.25) is 0 Å². The molecule has 0 unspecified atom stereocenters. The van der Waals surface area contributed by atoms with Crippen molar-refractivity contribution in [2.45, 2.75) is 18.7 Å². The first-order valence-electron chi connectivity index (χ1n) is 11.4. The fraction of sp³-hybridized carbons (Fsp3) is 0.111. The first-order chi connectivity index (χ1) is 18.1. The van der Waals surface area contributed by atoms with Crippen LogP contribution in [0.2, 0.25) is 15.1 Å². The number of aromatic nitrogens is 1. The van der Waals surface area contributed by atoms with Gasteiger partial charge in [-0.15, -0.1) is 0 Å². The van der Waals surface area contributed by atoms with Gasteiger partial charge in [-0.1, -0.05) is 53.0 Å². The minimum absolute atomic E-state index is 0.0111. The molecule has 1 N–H and O–H groups in total. The molecule has 38 heavy (non-hydrogen) atoms. The van der Waals surface area contributed by atoms with Crippen LogP contribution >= 0.6 is 34.8 Å². The third-order valence-electron chi connectivity index (χ3n) is 5.74. The van der Waals surface area contributed by atoms with Gasteiger partial charge in [-0.25, -0.2) is 13.8 Å². The molecule has 0 atom stereocenters. The minimum atomic E-state index is -4.12. The van der Waals surface area contributed by atoms with Crippen LogP contribution in [0, 0.1) is 13.8 Å². The molecule has 196 valence electrons. The molecule has 1 amide bonds. The second kappa shape index (κ2) is 11.6. The average Bonchev–Trinajstić information content (AvgIpc) is 3.16. The fourth-order valence-corrected chi connectivity index (χ4v) is 6.10. The van der Waals surface area contributed by atoms with Crippen molar-refractivity contribution in [2.24, 2.45) is 5.10 Å². The Balaban J connectivity index is 1.56. The van der Waals surface area contributed by atoms with Crippen LogP contribution in [0.1, 0.15) is 17.0 Å². The van der Waals surface area contributed by atoms with E-state index in [2.05, 4.69) is 10.5 Å². The Kier molecular flexibility index (Phi) is 8.47. The van der Waals surface area contributed by atoms with Crippen molar-refractivity contribution in [3.63, 3.8) is 0 Å². The van der Waals surface area contributed by atoms with Gasteiger partial charge in [-0.05, 0) is 74.5 Å². The number of aryl methyl sites for hydroxylation is 1. The Hall–Kier alpha value is -3.30. The average molecular weight is 590 g/mol. The molecule has 0 aliphatic rings. The summed E-state index contributed by atoms with van der Waals surface area (Å²) in [5.41, 5.74) is 6.13. The zero-order valence-corrected chi connectivity index (χ0v) is 23.5. The molecule has 0 fully saturated rings. The van der Waals surface area contributed by atoms with Crippen LogP contribution in [0.4, 0.5) is 5.69 Å². The van der Waals surface area contributed by atoms with E-state index in [-0.39, 0.29) is 15.6 Å². The molecule has 0 aliphatic carbocycles. The van der Waals surface area contributed by atoms with Crippen molar-refractivity contribution in [3.8, 4) is 5.69 Å². The van der Waals surface area contributed by atoms with Crippen LogP contribution in [0.5, 0.6) is 0 Å². The van der Waals surface area contributed by atoms with Gasteiger partial charge in [0.25, 0.3) is 15.9 Å². The number of nitrogens with zero attached hydrogens (tertiary/aromatic N) is 3. The van der Waals surface area contributed by atoms with Gasteiger partial charge in [0, 0.05) is 32.7 Å². The van der Waals surface area contributed by atoms with E-state index in [4.69, 9.17) is 34.8 Å². The molecule has 1 aromatic heterocycles. The summed E-state index contributed by atoms with van der Waals surface area (Å²) in [5.74, 6) is -0.654. The highest BCUT2D eigenvalue weighted by atomic mass is 35.5. The number of sulfonamides is 1. The summed E-state index contributed by atoms with van der Waals surface area (Å²) >= 11 is 18.3. The van der Waals surface area contributed by atoms with E-state index in [9.17, 15) is 13.2 Å². The molecular weight excluding hydrogens is 567 g/mol. The van der Waals surface area contributed by atoms with E-state index < -0.39 is 22.5 Å². The predicted octanol–water partition coefficient (Wildman–Crippen LogP) is 6.40. The van der Waals surface area contributed by atoms with Crippen molar-refractivity contribution in [1.82, 2.24) is 9.99 Å². The van der Waals surface area contributed by atoms with Crippen molar-refractivity contribution in [2.75, 3.05) is 10.8 Å². The van der Waals surface area contributed by atoms with E-state index >= 15 is 0 Å². The maximum Gasteiger partial charge on any atom is 0.264 e. The van der Waals surface area contributed by atoms with Crippen LogP contribution in [-0.2, 0) is 14.8 Å². The number of halogens is 3. The number of amides is 1. The van der Waals surface area contributed by atoms with Gasteiger partial charge in [0.1, 0.15) is 6.54 Å². The molecule has 3 aromatic carbocycles. The van der Waals surface area contributed by atoms with Gasteiger partial charge in [-0.3, -0.25) is 9.10 Å². The molecule has 0 saturated heterocycles. The van der Waals surface area contributed by atoms with Crippen molar-refractivity contribution in [3.05, 3.63) is 111 Å². The summed E-state index contributed by atoms with van der Waals surface area (Å²) in [5, 5.41) is 5.13. The largest absolute Gasteiger partial charge is 0.318 e. The third kappa shape index (κ3) is 6.05. The van der Waals surface area contributed by atoms with Crippen LogP contribution in [0.3, 0.4) is 0 Å². The fourth-order valence-electron chi connectivity index (χ4n) is 3.95. The van der Waals surface area contributed by atoms with E-state index in [1.54, 1.807) is 18.2 Å². The molecule has 7 nitrogen and oxygen atoms in total. The topological polar surface area (TPSA) is 83.8 Å². The van der Waals surface area contributed by atoms with Crippen LogP contribution in [-0.4, -0.2) is 31.7 Å². The monoisotopic (exact) mass is 588 g/mol. The number of hydrazone groups is 1.